The van der Waals surface area contributed by atoms with Crippen molar-refractivity contribution in [2.75, 3.05) is 7.11 Å². The van der Waals surface area contributed by atoms with Gasteiger partial charge in [-0.2, -0.15) is 0 Å². The highest BCUT2D eigenvalue weighted by Gasteiger charge is 2.39. The summed E-state index contributed by atoms with van der Waals surface area (Å²) in [4.78, 5) is 0. The summed E-state index contributed by atoms with van der Waals surface area (Å²) in [6.07, 6.45) is 10.5. The van der Waals surface area contributed by atoms with Crippen LogP contribution >= 0.6 is 0 Å². The van der Waals surface area contributed by atoms with Crippen LogP contribution in [0.3, 0.4) is 0 Å². The lowest BCUT2D eigenvalue weighted by Gasteiger charge is -2.42. The Labute approximate surface area is 87.2 Å². The molecule has 0 radical (unpaired) electrons. The minimum absolute atomic E-state index is 0.0137. The van der Waals surface area contributed by atoms with Gasteiger partial charge in [-0.15, -0.1) is 12.3 Å². The third-order valence-corrected chi connectivity index (χ3v) is 3.41. The second kappa shape index (κ2) is 4.82. The smallest absolute Gasteiger partial charge is 0.0840 e. The Morgan fingerprint density at radius 2 is 2.43 bits per heavy atom. The lowest BCUT2D eigenvalue weighted by Crippen LogP contribution is -2.51. The van der Waals surface area contributed by atoms with Crippen LogP contribution in [0.1, 0.15) is 39.0 Å². The molecule has 0 saturated heterocycles. The van der Waals surface area contributed by atoms with E-state index in [1.165, 1.54) is 12.8 Å². The molecule has 3 atom stereocenters. The van der Waals surface area contributed by atoms with E-state index in [4.69, 9.17) is 16.9 Å². The summed E-state index contributed by atoms with van der Waals surface area (Å²) in [5.74, 6) is 3.34. The summed E-state index contributed by atoms with van der Waals surface area (Å²) in [6.45, 7) is 2.26. The summed E-state index contributed by atoms with van der Waals surface area (Å²) < 4.78 is 5.64. The number of hydrogen-bond acceptors (Lipinski definition) is 2. The second-order valence-electron chi connectivity index (χ2n) is 4.49. The number of ether oxygens (including phenoxy) is 1. The number of methoxy groups -OCH3 is 1. The van der Waals surface area contributed by atoms with Crippen molar-refractivity contribution in [1.29, 1.82) is 0 Å². The maximum Gasteiger partial charge on any atom is 0.0840 e. The van der Waals surface area contributed by atoms with E-state index >= 15 is 0 Å². The first kappa shape index (κ1) is 11.6. The molecule has 1 fully saturated rings. The van der Waals surface area contributed by atoms with Gasteiger partial charge in [-0.3, -0.25) is 0 Å². The molecular weight excluding hydrogens is 174 g/mol. The van der Waals surface area contributed by atoms with Crippen molar-refractivity contribution in [2.24, 2.45) is 11.7 Å². The van der Waals surface area contributed by atoms with Gasteiger partial charge < -0.3 is 10.5 Å². The van der Waals surface area contributed by atoms with Gasteiger partial charge in [-0.05, 0) is 18.8 Å². The Hall–Kier alpha value is -0.520. The average Bonchev–Trinajstić information content (AvgIpc) is 2.18. The van der Waals surface area contributed by atoms with Crippen molar-refractivity contribution in [3.8, 4) is 12.3 Å². The molecule has 0 aromatic rings. The van der Waals surface area contributed by atoms with E-state index in [0.717, 1.165) is 12.8 Å². The van der Waals surface area contributed by atoms with E-state index < -0.39 is 0 Å². The fourth-order valence-corrected chi connectivity index (χ4v) is 2.53. The number of nitrogens with two attached hydrogens (primary N) is 1. The maximum atomic E-state index is 6.10. The van der Waals surface area contributed by atoms with Crippen molar-refractivity contribution in [1.82, 2.24) is 0 Å². The van der Waals surface area contributed by atoms with Crippen LogP contribution in [-0.2, 0) is 4.74 Å². The van der Waals surface area contributed by atoms with E-state index in [0.29, 0.717) is 12.3 Å². The molecule has 2 N–H and O–H groups in total. The van der Waals surface area contributed by atoms with Gasteiger partial charge in [0.05, 0.1) is 5.60 Å². The first-order valence-corrected chi connectivity index (χ1v) is 5.39. The zero-order chi connectivity index (χ0) is 10.6. The van der Waals surface area contributed by atoms with Crippen LogP contribution in [0.4, 0.5) is 0 Å². The van der Waals surface area contributed by atoms with Crippen LogP contribution in [0, 0.1) is 18.3 Å². The predicted octanol–water partition coefficient (Wildman–Crippen LogP) is 1.93. The van der Waals surface area contributed by atoms with E-state index in [2.05, 4.69) is 12.8 Å². The van der Waals surface area contributed by atoms with Gasteiger partial charge in [0.25, 0.3) is 0 Å². The molecule has 0 bridgehead atoms. The van der Waals surface area contributed by atoms with Crippen LogP contribution in [0.2, 0.25) is 0 Å². The summed E-state index contributed by atoms with van der Waals surface area (Å²) in [7, 11) is 1.76. The quantitative estimate of drug-likeness (QED) is 0.698. The molecule has 2 heteroatoms. The van der Waals surface area contributed by atoms with Crippen LogP contribution in [0.25, 0.3) is 0 Å². The standard InChI is InChI=1S/C12H21NO/c1-4-6-11(13)12(14-3)8-5-7-10(2)9-12/h1,10-11H,5-9,13H2,2-3H3. The Morgan fingerprint density at radius 3 is 2.93 bits per heavy atom. The van der Waals surface area contributed by atoms with Crippen molar-refractivity contribution >= 4 is 0 Å². The molecule has 1 aliphatic carbocycles. The summed E-state index contributed by atoms with van der Waals surface area (Å²) >= 11 is 0. The van der Waals surface area contributed by atoms with Crippen molar-refractivity contribution < 1.29 is 4.74 Å². The third-order valence-electron chi connectivity index (χ3n) is 3.41. The van der Waals surface area contributed by atoms with Gasteiger partial charge in [0.15, 0.2) is 0 Å². The molecule has 0 heterocycles. The molecule has 2 nitrogen and oxygen atoms in total. The monoisotopic (exact) mass is 195 g/mol. The van der Waals surface area contributed by atoms with Crippen LogP contribution < -0.4 is 5.73 Å². The highest BCUT2D eigenvalue weighted by molar-refractivity contribution is 5.01. The fourth-order valence-electron chi connectivity index (χ4n) is 2.53. The molecular formula is C12H21NO. The topological polar surface area (TPSA) is 35.2 Å². The van der Waals surface area contributed by atoms with Crippen molar-refractivity contribution in [3.63, 3.8) is 0 Å². The van der Waals surface area contributed by atoms with Gasteiger partial charge in [-0.1, -0.05) is 19.8 Å². The molecule has 0 aromatic heterocycles. The maximum absolute atomic E-state index is 6.10. The number of rotatable bonds is 3. The van der Waals surface area contributed by atoms with Gasteiger partial charge in [0.2, 0.25) is 0 Å². The molecule has 0 aromatic carbocycles. The average molecular weight is 195 g/mol. The molecule has 14 heavy (non-hydrogen) atoms. The Kier molecular flexibility index (Phi) is 3.97. The largest absolute Gasteiger partial charge is 0.377 e. The van der Waals surface area contributed by atoms with Crippen LogP contribution in [0.5, 0.6) is 0 Å². The SMILES string of the molecule is C#CCC(N)C1(OC)CCCC(C)C1. The summed E-state index contributed by atoms with van der Waals surface area (Å²) in [6, 6.07) is -0.0137. The van der Waals surface area contributed by atoms with E-state index in [9.17, 15) is 0 Å². The minimum Gasteiger partial charge on any atom is -0.377 e. The lowest BCUT2D eigenvalue weighted by molar-refractivity contribution is -0.0695. The highest BCUT2D eigenvalue weighted by atomic mass is 16.5. The van der Waals surface area contributed by atoms with Gasteiger partial charge >= 0.3 is 0 Å². The Bertz CT molecular complexity index is 221. The Morgan fingerprint density at radius 1 is 1.71 bits per heavy atom. The van der Waals surface area contributed by atoms with Crippen LogP contribution in [0.15, 0.2) is 0 Å². The zero-order valence-electron chi connectivity index (χ0n) is 9.25. The Balaban J connectivity index is 2.69. The molecule has 1 rings (SSSR count). The molecule has 1 aliphatic rings. The molecule has 1 saturated carbocycles. The van der Waals surface area contributed by atoms with Crippen molar-refractivity contribution in [2.45, 2.75) is 50.7 Å². The van der Waals surface area contributed by atoms with E-state index in [-0.39, 0.29) is 11.6 Å². The van der Waals surface area contributed by atoms with Gasteiger partial charge in [0, 0.05) is 19.6 Å². The summed E-state index contributed by atoms with van der Waals surface area (Å²) in [5.41, 5.74) is 5.94. The van der Waals surface area contributed by atoms with Gasteiger partial charge in [0.1, 0.15) is 0 Å². The lowest BCUT2D eigenvalue weighted by atomic mass is 9.74. The molecule has 0 amide bonds. The van der Waals surface area contributed by atoms with E-state index in [1.807, 2.05) is 0 Å². The summed E-state index contributed by atoms with van der Waals surface area (Å²) in [5, 5.41) is 0. The first-order valence-electron chi connectivity index (χ1n) is 5.39. The molecule has 3 unspecified atom stereocenters. The third kappa shape index (κ3) is 2.29. The normalized spacial score (nSPS) is 34.9. The first-order chi connectivity index (χ1) is 6.64. The van der Waals surface area contributed by atoms with Crippen LogP contribution in [-0.4, -0.2) is 18.8 Å². The zero-order valence-corrected chi connectivity index (χ0v) is 9.25. The number of terminal acetylenes is 1. The van der Waals surface area contributed by atoms with E-state index in [1.54, 1.807) is 7.11 Å². The number of hydrogen-bond donors (Lipinski definition) is 1. The second-order valence-corrected chi connectivity index (χ2v) is 4.49. The van der Waals surface area contributed by atoms with Gasteiger partial charge in [-0.25, -0.2) is 0 Å². The molecule has 80 valence electrons. The minimum atomic E-state index is -0.163. The fraction of sp³-hybridized carbons (Fsp3) is 0.833. The molecule has 0 aliphatic heterocycles. The molecule has 0 spiro atoms. The highest BCUT2D eigenvalue weighted by Crippen LogP contribution is 2.37. The van der Waals surface area contributed by atoms with Crippen molar-refractivity contribution in [3.05, 3.63) is 0 Å². The predicted molar refractivity (Wildman–Crippen MR) is 58.8 cm³/mol.